The van der Waals surface area contributed by atoms with Gasteiger partial charge < -0.3 is 18.9 Å². The standard InChI is InChI=1S/C80H62N4S2/c1-5-23-56(24-6-2)61-45-62(57-25-13-8-14-26-57)48-71(47-61)81(65-31-19-11-20-32-65)67-37-41-70(42-38-67)84-76-52-60-43-44-86-78(60)54-74(76)80-79(84)73-53-77(85-4)55(7-3)51-75(73)83(80)69-39-35-68(36-40-69)82(66-33-21-12-22-34-66)72-49-63(58-27-15-9-16-28-58)46-64(50-72)59-29-17-10-18-30-59/h5-49,51-54,72H,1,3,50H2,2,4H3/b24-6-,56-23+. The summed E-state index contributed by atoms with van der Waals surface area (Å²) in [5, 5.41) is 5.81. The number of fused-ring (bicyclic) bond motifs is 6. The highest BCUT2D eigenvalue weighted by atomic mass is 32.2. The number of allylic oxidation sites excluding steroid dienone is 7. The molecule has 86 heavy (non-hydrogen) atoms. The zero-order valence-electron chi connectivity index (χ0n) is 48.1. The molecule has 6 heteroatoms. The Morgan fingerprint density at radius 3 is 1.72 bits per heavy atom. The molecule has 0 saturated heterocycles. The van der Waals surface area contributed by atoms with Crippen LogP contribution in [0.4, 0.5) is 28.4 Å². The molecule has 10 aromatic carbocycles. The number of benzene rings is 10. The Morgan fingerprint density at radius 1 is 0.547 bits per heavy atom. The molecule has 0 N–H and O–H groups in total. The van der Waals surface area contributed by atoms with Crippen molar-refractivity contribution in [2.45, 2.75) is 24.3 Å². The Morgan fingerprint density at radius 2 is 1.10 bits per heavy atom. The van der Waals surface area contributed by atoms with Crippen LogP contribution in [0, 0.1) is 0 Å². The Bertz CT molecular complexity index is 4780. The topological polar surface area (TPSA) is 16.3 Å². The first-order valence-corrected chi connectivity index (χ1v) is 31.4. The number of hydrogen-bond acceptors (Lipinski definition) is 4. The molecular formula is C80H62N4S2. The lowest BCUT2D eigenvalue weighted by atomic mass is 9.87. The van der Waals surface area contributed by atoms with Crippen molar-refractivity contribution in [2.24, 2.45) is 0 Å². The van der Waals surface area contributed by atoms with Gasteiger partial charge in [-0.25, -0.2) is 0 Å². The van der Waals surface area contributed by atoms with E-state index in [2.05, 4.69) is 330 Å². The molecule has 1 atom stereocenters. The molecule has 1 unspecified atom stereocenters. The fraction of sp³-hybridized carbons (Fsp3) is 0.0500. The molecule has 0 amide bonds. The van der Waals surface area contributed by atoms with E-state index in [9.17, 15) is 0 Å². The SMILES string of the molecule is C=C/C=C(\C=C/C)c1cc(-c2ccccc2)cc(N(c2ccccc2)c2ccc(-n3c4cc5ccsc5cc4c4c3c3cc(SC)c(C=C)cc3n4-c3ccc(N(c4ccccc4)C4C=C(c5ccccc5)C=C(c5ccccc5)C4)cc3)cc2)c1. The minimum absolute atomic E-state index is 0.0303. The molecule has 3 aromatic heterocycles. The summed E-state index contributed by atoms with van der Waals surface area (Å²) in [6, 6.07) is 91.1. The third-order valence-electron chi connectivity index (χ3n) is 16.6. The minimum Gasteiger partial charge on any atom is -0.334 e. The van der Waals surface area contributed by atoms with Gasteiger partial charge in [-0.3, -0.25) is 0 Å². The van der Waals surface area contributed by atoms with Gasteiger partial charge in [0.1, 0.15) is 0 Å². The quantitative estimate of drug-likeness (QED) is 0.0709. The maximum Gasteiger partial charge on any atom is 0.0804 e. The fourth-order valence-corrected chi connectivity index (χ4v) is 14.1. The first-order chi connectivity index (χ1) is 42.5. The first kappa shape index (κ1) is 53.9. The van der Waals surface area contributed by atoms with E-state index in [1.807, 2.05) is 12.2 Å². The lowest BCUT2D eigenvalue weighted by Crippen LogP contribution is -2.31. The Hall–Kier alpha value is -10.1. The molecule has 414 valence electrons. The highest BCUT2D eigenvalue weighted by Gasteiger charge is 2.28. The Labute approximate surface area is 511 Å². The molecule has 13 aromatic rings. The van der Waals surface area contributed by atoms with Gasteiger partial charge in [0.05, 0.1) is 28.1 Å². The van der Waals surface area contributed by atoms with E-state index < -0.39 is 0 Å². The van der Waals surface area contributed by atoms with Crippen molar-refractivity contribution in [1.29, 1.82) is 0 Å². The minimum atomic E-state index is 0.0303. The maximum absolute atomic E-state index is 4.35. The Kier molecular flexibility index (Phi) is 14.7. The molecule has 1 aliphatic rings. The van der Waals surface area contributed by atoms with Crippen LogP contribution in [0.15, 0.2) is 309 Å². The van der Waals surface area contributed by atoms with Crippen LogP contribution in [0.2, 0.25) is 0 Å². The van der Waals surface area contributed by atoms with Gasteiger partial charge >= 0.3 is 0 Å². The number of thioether (sulfide) groups is 1. The highest BCUT2D eigenvalue weighted by molar-refractivity contribution is 7.98. The molecule has 14 rings (SSSR count). The van der Waals surface area contributed by atoms with Crippen molar-refractivity contribution in [1.82, 2.24) is 9.13 Å². The largest absolute Gasteiger partial charge is 0.334 e. The van der Waals surface area contributed by atoms with Crippen LogP contribution in [-0.2, 0) is 0 Å². The molecule has 0 bridgehead atoms. The van der Waals surface area contributed by atoms with Gasteiger partial charge in [-0.15, -0.1) is 23.1 Å². The van der Waals surface area contributed by atoms with Crippen molar-refractivity contribution in [2.75, 3.05) is 16.1 Å². The average molecular weight is 1140 g/mol. The third-order valence-corrected chi connectivity index (χ3v) is 18.3. The van der Waals surface area contributed by atoms with Crippen LogP contribution in [-0.4, -0.2) is 21.4 Å². The average Bonchev–Trinajstić information content (AvgIpc) is 1.55. The summed E-state index contributed by atoms with van der Waals surface area (Å²) in [6.07, 6.45) is 18.1. The zero-order chi connectivity index (χ0) is 58.1. The molecule has 0 saturated carbocycles. The lowest BCUT2D eigenvalue weighted by Gasteiger charge is -2.35. The predicted molar refractivity (Wildman–Crippen MR) is 374 cm³/mol. The summed E-state index contributed by atoms with van der Waals surface area (Å²) in [6.45, 7) is 10.5. The molecule has 0 spiro atoms. The number of hydrogen-bond donors (Lipinski definition) is 0. The molecular weight excluding hydrogens is 1080 g/mol. The number of aromatic nitrogens is 2. The van der Waals surface area contributed by atoms with E-state index in [0.717, 1.165) is 96.1 Å². The van der Waals surface area contributed by atoms with Crippen molar-refractivity contribution >= 4 is 117 Å². The van der Waals surface area contributed by atoms with Gasteiger partial charge in [0.15, 0.2) is 0 Å². The van der Waals surface area contributed by atoms with Crippen LogP contribution < -0.4 is 9.80 Å². The van der Waals surface area contributed by atoms with Gasteiger partial charge in [-0.1, -0.05) is 183 Å². The van der Waals surface area contributed by atoms with Crippen molar-refractivity contribution in [3.8, 4) is 22.5 Å². The molecule has 0 aliphatic heterocycles. The molecule has 1 aliphatic carbocycles. The lowest BCUT2D eigenvalue weighted by molar-refractivity contribution is 0.798. The van der Waals surface area contributed by atoms with Crippen LogP contribution in [0.3, 0.4) is 0 Å². The van der Waals surface area contributed by atoms with E-state index in [0.29, 0.717) is 0 Å². The number of para-hydroxylation sites is 2. The second kappa shape index (κ2) is 23.5. The maximum atomic E-state index is 4.35. The number of anilines is 5. The predicted octanol–water partition coefficient (Wildman–Crippen LogP) is 22.7. The summed E-state index contributed by atoms with van der Waals surface area (Å²) in [5.74, 6) is 0. The smallest absolute Gasteiger partial charge is 0.0804 e. The van der Waals surface area contributed by atoms with E-state index in [1.165, 1.54) is 48.0 Å². The van der Waals surface area contributed by atoms with Crippen LogP contribution in [0.5, 0.6) is 0 Å². The van der Waals surface area contributed by atoms with Crippen LogP contribution in [0.25, 0.3) is 88.2 Å². The van der Waals surface area contributed by atoms with Gasteiger partial charge in [-0.05, 0) is 202 Å². The molecule has 3 heterocycles. The van der Waals surface area contributed by atoms with E-state index in [1.54, 1.807) is 23.1 Å². The van der Waals surface area contributed by atoms with Crippen LogP contribution >= 0.6 is 23.1 Å². The van der Waals surface area contributed by atoms with Crippen molar-refractivity contribution in [3.63, 3.8) is 0 Å². The summed E-state index contributed by atoms with van der Waals surface area (Å²) < 4.78 is 6.27. The van der Waals surface area contributed by atoms with Gasteiger partial charge in [0, 0.05) is 60.2 Å². The first-order valence-electron chi connectivity index (χ1n) is 29.3. The second-order valence-corrected chi connectivity index (χ2v) is 23.5. The summed E-state index contributed by atoms with van der Waals surface area (Å²) in [7, 11) is 0. The van der Waals surface area contributed by atoms with Crippen molar-refractivity contribution in [3.05, 3.63) is 326 Å². The van der Waals surface area contributed by atoms with E-state index in [-0.39, 0.29) is 6.04 Å². The van der Waals surface area contributed by atoms with Crippen LogP contribution in [0.1, 0.15) is 35.6 Å². The monoisotopic (exact) mass is 1140 g/mol. The summed E-state index contributed by atoms with van der Waals surface area (Å²) >= 11 is 3.55. The number of nitrogens with zero attached hydrogens (tertiary/aromatic N) is 4. The normalized spacial score (nSPS) is 13.6. The molecule has 0 radical (unpaired) electrons. The van der Waals surface area contributed by atoms with Crippen molar-refractivity contribution < 1.29 is 0 Å². The zero-order valence-corrected chi connectivity index (χ0v) is 49.7. The summed E-state index contributed by atoms with van der Waals surface area (Å²) in [4.78, 5) is 6.08. The van der Waals surface area contributed by atoms with Gasteiger partial charge in [0.2, 0.25) is 0 Å². The summed E-state index contributed by atoms with van der Waals surface area (Å²) in [5.41, 5.74) is 22.8. The van der Waals surface area contributed by atoms with E-state index in [4.69, 9.17) is 0 Å². The Balaban J connectivity index is 0.944. The highest BCUT2D eigenvalue weighted by Crippen LogP contribution is 2.47. The molecule has 0 fully saturated rings. The van der Waals surface area contributed by atoms with Gasteiger partial charge in [-0.2, -0.15) is 0 Å². The second-order valence-electron chi connectivity index (χ2n) is 21.7. The van der Waals surface area contributed by atoms with E-state index >= 15 is 0 Å². The number of thiophene rings is 1. The third kappa shape index (κ3) is 10.0. The van der Waals surface area contributed by atoms with Gasteiger partial charge in [0.25, 0.3) is 0 Å². The molecule has 4 nitrogen and oxygen atoms in total. The fourth-order valence-electron chi connectivity index (χ4n) is 12.7. The number of rotatable bonds is 16.